The fraction of sp³-hybridized carbons (Fsp3) is 0.167. The van der Waals surface area contributed by atoms with Gasteiger partial charge in [0.1, 0.15) is 5.69 Å². The van der Waals surface area contributed by atoms with E-state index in [0.717, 1.165) is 5.56 Å². The Kier molecular flexibility index (Phi) is 4.11. The van der Waals surface area contributed by atoms with Crippen molar-refractivity contribution in [2.24, 2.45) is 0 Å². The van der Waals surface area contributed by atoms with Crippen LogP contribution in [0.4, 0.5) is 0 Å². The molecule has 1 unspecified atom stereocenters. The lowest BCUT2D eigenvalue weighted by atomic mass is 9.95. The third-order valence-corrected chi connectivity index (χ3v) is 4.21. The molecule has 0 saturated carbocycles. The van der Waals surface area contributed by atoms with Crippen LogP contribution in [0.15, 0.2) is 36.5 Å². The first-order chi connectivity index (χ1) is 11.4. The van der Waals surface area contributed by atoms with Crippen LogP contribution in [0, 0.1) is 6.92 Å². The van der Waals surface area contributed by atoms with Gasteiger partial charge in [0.25, 0.3) is 0 Å². The zero-order valence-corrected chi connectivity index (χ0v) is 13.9. The molecule has 0 radical (unpaired) electrons. The number of fused-ring (bicyclic) bond motifs is 1. The van der Waals surface area contributed by atoms with Crippen molar-refractivity contribution in [2.75, 3.05) is 0 Å². The van der Waals surface area contributed by atoms with Gasteiger partial charge in [0, 0.05) is 27.7 Å². The van der Waals surface area contributed by atoms with Gasteiger partial charge < -0.3 is 10.1 Å². The fourth-order valence-electron chi connectivity index (χ4n) is 2.67. The number of hydrogen-bond donors (Lipinski definition) is 2. The summed E-state index contributed by atoms with van der Waals surface area (Å²) in [6, 6.07) is 8.51. The van der Waals surface area contributed by atoms with Crippen molar-refractivity contribution in [2.45, 2.75) is 19.8 Å². The minimum Gasteiger partial charge on any atom is -0.481 e. The molecule has 0 fully saturated rings. The number of benzene rings is 1. The second-order valence-corrected chi connectivity index (χ2v) is 6.15. The van der Waals surface area contributed by atoms with Gasteiger partial charge >= 0.3 is 5.97 Å². The SMILES string of the molecule is Cc1ccc(C(=O)c2[nH]c3ccc(Cl)cc3c2C(C)C(=O)O)nc1. The van der Waals surface area contributed by atoms with Gasteiger partial charge in [-0.2, -0.15) is 0 Å². The lowest BCUT2D eigenvalue weighted by molar-refractivity contribution is -0.138. The largest absolute Gasteiger partial charge is 0.481 e. The number of carboxylic acids is 1. The lowest BCUT2D eigenvalue weighted by Gasteiger charge is -2.08. The fourth-order valence-corrected chi connectivity index (χ4v) is 2.84. The molecule has 2 aromatic heterocycles. The summed E-state index contributed by atoms with van der Waals surface area (Å²) in [7, 11) is 0. The predicted octanol–water partition coefficient (Wildman–Crippen LogP) is 3.94. The van der Waals surface area contributed by atoms with Crippen LogP contribution in [0.3, 0.4) is 0 Å². The number of nitrogens with one attached hydrogen (secondary N) is 1. The van der Waals surface area contributed by atoms with Crippen LogP contribution in [0.1, 0.15) is 40.2 Å². The maximum absolute atomic E-state index is 12.8. The molecule has 0 aliphatic heterocycles. The smallest absolute Gasteiger partial charge is 0.310 e. The van der Waals surface area contributed by atoms with Gasteiger partial charge in [-0.15, -0.1) is 0 Å². The van der Waals surface area contributed by atoms with Crippen LogP contribution < -0.4 is 0 Å². The van der Waals surface area contributed by atoms with E-state index in [9.17, 15) is 14.7 Å². The molecule has 3 aromatic rings. The van der Waals surface area contributed by atoms with E-state index in [1.54, 1.807) is 43.5 Å². The number of rotatable bonds is 4. The first-order valence-electron chi connectivity index (χ1n) is 7.39. The summed E-state index contributed by atoms with van der Waals surface area (Å²) in [6.45, 7) is 3.43. The second-order valence-electron chi connectivity index (χ2n) is 5.71. The van der Waals surface area contributed by atoms with Crippen molar-refractivity contribution in [3.63, 3.8) is 0 Å². The quantitative estimate of drug-likeness (QED) is 0.703. The van der Waals surface area contributed by atoms with Crippen molar-refractivity contribution >= 4 is 34.3 Å². The Bertz CT molecular complexity index is 945. The molecule has 1 atom stereocenters. The average molecular weight is 343 g/mol. The molecule has 122 valence electrons. The van der Waals surface area contributed by atoms with E-state index >= 15 is 0 Å². The Hall–Kier alpha value is -2.66. The Morgan fingerprint density at radius 1 is 1.25 bits per heavy atom. The number of nitrogens with zero attached hydrogens (tertiary/aromatic N) is 1. The number of ketones is 1. The van der Waals surface area contributed by atoms with Crippen LogP contribution in [-0.2, 0) is 4.79 Å². The molecule has 0 spiro atoms. The Balaban J connectivity index is 2.22. The number of aromatic amines is 1. The topological polar surface area (TPSA) is 83.0 Å². The molecule has 0 aliphatic carbocycles. The molecule has 0 saturated heterocycles. The maximum atomic E-state index is 12.8. The van der Waals surface area contributed by atoms with Crippen LogP contribution in [0.25, 0.3) is 10.9 Å². The molecule has 24 heavy (non-hydrogen) atoms. The lowest BCUT2D eigenvalue weighted by Crippen LogP contribution is -2.13. The Labute approximate surface area is 143 Å². The van der Waals surface area contributed by atoms with Crippen molar-refractivity contribution < 1.29 is 14.7 Å². The molecular weight excluding hydrogens is 328 g/mol. The van der Waals surface area contributed by atoms with Crippen LogP contribution in [-0.4, -0.2) is 26.8 Å². The van der Waals surface area contributed by atoms with Gasteiger partial charge in [-0.25, -0.2) is 0 Å². The van der Waals surface area contributed by atoms with E-state index in [4.69, 9.17) is 11.6 Å². The number of aliphatic carboxylic acids is 1. The summed E-state index contributed by atoms with van der Waals surface area (Å²) in [4.78, 5) is 31.5. The average Bonchev–Trinajstić information content (AvgIpc) is 2.92. The maximum Gasteiger partial charge on any atom is 0.310 e. The van der Waals surface area contributed by atoms with Crippen molar-refractivity contribution in [3.8, 4) is 0 Å². The summed E-state index contributed by atoms with van der Waals surface area (Å²) < 4.78 is 0. The molecule has 3 rings (SSSR count). The van der Waals surface area contributed by atoms with Gasteiger partial charge in [-0.05, 0) is 43.7 Å². The number of aromatic nitrogens is 2. The van der Waals surface area contributed by atoms with E-state index in [1.165, 1.54) is 0 Å². The highest BCUT2D eigenvalue weighted by atomic mass is 35.5. The molecular formula is C18H15ClN2O3. The highest BCUT2D eigenvalue weighted by Crippen LogP contribution is 2.32. The van der Waals surface area contributed by atoms with Crippen molar-refractivity contribution in [3.05, 3.63) is 64.1 Å². The summed E-state index contributed by atoms with van der Waals surface area (Å²) in [5.41, 5.74) is 2.52. The first-order valence-corrected chi connectivity index (χ1v) is 7.77. The van der Waals surface area contributed by atoms with Gasteiger partial charge in [-0.1, -0.05) is 17.7 Å². The van der Waals surface area contributed by atoms with Gasteiger partial charge in [-0.3, -0.25) is 14.6 Å². The van der Waals surface area contributed by atoms with E-state index in [0.29, 0.717) is 21.5 Å². The predicted molar refractivity (Wildman–Crippen MR) is 91.8 cm³/mol. The molecule has 0 amide bonds. The normalized spacial score (nSPS) is 12.3. The summed E-state index contributed by atoms with van der Waals surface area (Å²) in [6.07, 6.45) is 1.60. The molecule has 2 heterocycles. The van der Waals surface area contributed by atoms with E-state index < -0.39 is 11.9 Å². The number of carboxylic acid groups (broad SMARTS) is 1. The molecule has 0 aliphatic rings. The standard InChI is InChI=1S/C18H15ClN2O3/c1-9-3-5-14(20-8-9)17(22)16-15(10(2)18(23)24)12-7-11(19)4-6-13(12)21-16/h3-8,10,21H,1-2H3,(H,23,24). The number of hydrogen-bond acceptors (Lipinski definition) is 3. The Morgan fingerprint density at radius 2 is 2.00 bits per heavy atom. The number of pyridine rings is 1. The highest BCUT2D eigenvalue weighted by molar-refractivity contribution is 6.31. The van der Waals surface area contributed by atoms with Gasteiger partial charge in [0.05, 0.1) is 11.6 Å². The number of carbonyl (C=O) groups excluding carboxylic acids is 1. The second kappa shape index (κ2) is 6.09. The van der Waals surface area contributed by atoms with E-state index in [-0.39, 0.29) is 17.2 Å². The van der Waals surface area contributed by atoms with Crippen molar-refractivity contribution in [1.29, 1.82) is 0 Å². The number of halogens is 1. The highest BCUT2D eigenvalue weighted by Gasteiger charge is 2.27. The van der Waals surface area contributed by atoms with Crippen LogP contribution in [0.2, 0.25) is 5.02 Å². The summed E-state index contributed by atoms with van der Waals surface area (Å²) in [5, 5.41) is 10.5. The number of carbonyl (C=O) groups is 2. The summed E-state index contributed by atoms with van der Waals surface area (Å²) >= 11 is 6.04. The molecule has 0 bridgehead atoms. The first kappa shape index (κ1) is 16.2. The van der Waals surface area contributed by atoms with Crippen LogP contribution in [0.5, 0.6) is 0 Å². The molecule has 1 aromatic carbocycles. The number of H-pyrrole nitrogens is 1. The van der Waals surface area contributed by atoms with E-state index in [2.05, 4.69) is 9.97 Å². The van der Waals surface area contributed by atoms with E-state index in [1.807, 2.05) is 6.92 Å². The molecule has 6 heteroatoms. The Morgan fingerprint density at radius 3 is 2.62 bits per heavy atom. The monoisotopic (exact) mass is 342 g/mol. The van der Waals surface area contributed by atoms with Crippen molar-refractivity contribution in [1.82, 2.24) is 9.97 Å². The van der Waals surface area contributed by atoms with Gasteiger partial charge in [0.2, 0.25) is 5.78 Å². The molecule has 2 N–H and O–H groups in total. The third kappa shape index (κ3) is 2.78. The van der Waals surface area contributed by atoms with Gasteiger partial charge in [0.15, 0.2) is 0 Å². The summed E-state index contributed by atoms with van der Waals surface area (Å²) in [5.74, 6) is -2.21. The zero-order valence-electron chi connectivity index (χ0n) is 13.1. The number of aryl methyl sites for hydroxylation is 1. The van der Waals surface area contributed by atoms with Crippen LogP contribution >= 0.6 is 11.6 Å². The molecule has 5 nitrogen and oxygen atoms in total. The zero-order chi connectivity index (χ0) is 17.4. The minimum absolute atomic E-state index is 0.235. The third-order valence-electron chi connectivity index (χ3n) is 3.98. The minimum atomic E-state index is -1.01.